The van der Waals surface area contributed by atoms with E-state index < -0.39 is 0 Å². The molecule has 0 saturated carbocycles. The average Bonchev–Trinajstić information content (AvgIpc) is 3.24. The highest BCUT2D eigenvalue weighted by Gasteiger charge is 2.21. The van der Waals surface area contributed by atoms with Gasteiger partial charge in [0.05, 0.1) is 30.5 Å². The Bertz CT molecular complexity index is 1040. The van der Waals surface area contributed by atoms with Crippen LogP contribution < -0.4 is 9.64 Å². The van der Waals surface area contributed by atoms with Gasteiger partial charge >= 0.3 is 0 Å². The molecule has 6 nitrogen and oxygen atoms in total. The fourth-order valence-electron chi connectivity index (χ4n) is 3.45. The molecule has 0 aliphatic carbocycles. The van der Waals surface area contributed by atoms with Gasteiger partial charge in [-0.2, -0.15) is 0 Å². The molecule has 0 atom stereocenters. The van der Waals surface area contributed by atoms with Crippen LogP contribution in [0.5, 0.6) is 5.75 Å². The number of carbonyl (C=O) groups is 1. The molecule has 1 amide bonds. The number of aromatic nitrogens is 1. The van der Waals surface area contributed by atoms with Gasteiger partial charge in [0.15, 0.2) is 5.13 Å². The first kappa shape index (κ1) is 23.3. The zero-order chi connectivity index (χ0) is 22.3. The van der Waals surface area contributed by atoms with Crippen LogP contribution in [0.4, 0.5) is 5.13 Å². The summed E-state index contributed by atoms with van der Waals surface area (Å²) < 4.78 is 11.8. The highest BCUT2D eigenvalue weighted by atomic mass is 35.5. The maximum absolute atomic E-state index is 13.3. The molecule has 1 aliphatic rings. The number of rotatable bonds is 9. The number of amides is 1. The van der Waals surface area contributed by atoms with Crippen molar-refractivity contribution in [2.75, 3.05) is 57.2 Å². The molecule has 0 unspecified atom stereocenters. The molecule has 0 bridgehead atoms. The first-order valence-corrected chi connectivity index (χ1v) is 12.7. The summed E-state index contributed by atoms with van der Waals surface area (Å²) in [6.45, 7) is 4.69. The van der Waals surface area contributed by atoms with Gasteiger partial charge in [-0.3, -0.25) is 14.6 Å². The standard InChI is InChI=1S/C23H26ClN3O3S2/c1-29-18-4-7-20-21(16-18)32-23(25-20)27(10-9-26-11-13-30-14-12-26)22(28)8-15-31-19-5-2-17(24)3-6-19/h2-7,16H,8-15H2,1H3. The number of methoxy groups -OCH3 is 1. The Morgan fingerprint density at radius 3 is 2.78 bits per heavy atom. The van der Waals surface area contributed by atoms with Gasteiger partial charge in [-0.25, -0.2) is 4.98 Å². The Morgan fingerprint density at radius 2 is 2.03 bits per heavy atom. The van der Waals surface area contributed by atoms with E-state index in [0.717, 1.165) is 58.8 Å². The highest BCUT2D eigenvalue weighted by Crippen LogP contribution is 2.32. The predicted molar refractivity (Wildman–Crippen MR) is 133 cm³/mol. The molecule has 32 heavy (non-hydrogen) atoms. The van der Waals surface area contributed by atoms with Gasteiger partial charge < -0.3 is 9.47 Å². The number of carbonyl (C=O) groups excluding carboxylic acids is 1. The van der Waals surface area contributed by atoms with Crippen LogP contribution in [0.25, 0.3) is 10.2 Å². The van der Waals surface area contributed by atoms with Crippen molar-refractivity contribution in [3.05, 3.63) is 47.5 Å². The summed E-state index contributed by atoms with van der Waals surface area (Å²) in [5.74, 6) is 1.58. The lowest BCUT2D eigenvalue weighted by Gasteiger charge is -2.29. The van der Waals surface area contributed by atoms with Crippen LogP contribution in [0.15, 0.2) is 47.4 Å². The van der Waals surface area contributed by atoms with E-state index in [2.05, 4.69) is 4.90 Å². The van der Waals surface area contributed by atoms with Gasteiger partial charge in [0, 0.05) is 48.3 Å². The largest absolute Gasteiger partial charge is 0.497 e. The van der Waals surface area contributed by atoms with E-state index in [9.17, 15) is 4.79 Å². The molecule has 2 aromatic carbocycles. The zero-order valence-electron chi connectivity index (χ0n) is 18.0. The van der Waals surface area contributed by atoms with Gasteiger partial charge in [-0.15, -0.1) is 11.8 Å². The Labute approximate surface area is 201 Å². The lowest BCUT2D eigenvalue weighted by molar-refractivity contribution is -0.118. The molecule has 9 heteroatoms. The second-order valence-corrected chi connectivity index (χ2v) is 10.00. The molecule has 0 N–H and O–H groups in total. The fraction of sp³-hybridized carbons (Fsp3) is 0.391. The van der Waals surface area contributed by atoms with Crippen molar-refractivity contribution in [2.45, 2.75) is 11.3 Å². The number of hydrogen-bond acceptors (Lipinski definition) is 7. The Morgan fingerprint density at radius 1 is 1.25 bits per heavy atom. The average molecular weight is 492 g/mol. The number of halogens is 1. The lowest BCUT2D eigenvalue weighted by atomic mass is 10.3. The zero-order valence-corrected chi connectivity index (χ0v) is 20.3. The molecule has 1 aliphatic heterocycles. The van der Waals surface area contributed by atoms with E-state index in [1.54, 1.807) is 18.9 Å². The topological polar surface area (TPSA) is 54.9 Å². The maximum atomic E-state index is 13.3. The van der Waals surface area contributed by atoms with Gasteiger partial charge in [0.2, 0.25) is 5.91 Å². The summed E-state index contributed by atoms with van der Waals surface area (Å²) in [6.07, 6.45) is 0.440. The molecule has 1 saturated heterocycles. The van der Waals surface area contributed by atoms with E-state index in [1.807, 2.05) is 47.4 Å². The summed E-state index contributed by atoms with van der Waals surface area (Å²) >= 11 is 9.15. The van der Waals surface area contributed by atoms with Crippen molar-refractivity contribution in [1.82, 2.24) is 9.88 Å². The van der Waals surface area contributed by atoms with Crippen LogP contribution in [0.2, 0.25) is 5.02 Å². The smallest absolute Gasteiger partial charge is 0.229 e. The minimum absolute atomic E-state index is 0.0887. The fourth-order valence-corrected chi connectivity index (χ4v) is 5.45. The molecule has 0 spiro atoms. The lowest BCUT2D eigenvalue weighted by Crippen LogP contribution is -2.43. The quantitative estimate of drug-likeness (QED) is 0.400. The van der Waals surface area contributed by atoms with Gasteiger partial charge in [-0.1, -0.05) is 22.9 Å². The van der Waals surface area contributed by atoms with E-state index in [4.69, 9.17) is 26.1 Å². The minimum atomic E-state index is 0.0887. The molecule has 1 fully saturated rings. The normalized spacial score (nSPS) is 14.6. The van der Waals surface area contributed by atoms with Gasteiger partial charge in [0.25, 0.3) is 0 Å². The van der Waals surface area contributed by atoms with E-state index in [1.165, 1.54) is 11.3 Å². The summed E-state index contributed by atoms with van der Waals surface area (Å²) in [7, 11) is 1.65. The van der Waals surface area contributed by atoms with Crippen molar-refractivity contribution in [3.8, 4) is 5.75 Å². The van der Waals surface area contributed by atoms with Crippen molar-refractivity contribution in [2.24, 2.45) is 0 Å². The number of morpholine rings is 1. The number of hydrogen-bond donors (Lipinski definition) is 0. The first-order valence-electron chi connectivity index (χ1n) is 10.6. The number of thioether (sulfide) groups is 1. The van der Waals surface area contributed by atoms with E-state index >= 15 is 0 Å². The molecule has 4 rings (SSSR count). The summed E-state index contributed by atoms with van der Waals surface area (Å²) in [5.41, 5.74) is 0.880. The van der Waals surface area contributed by atoms with Crippen LogP contribution in [0.3, 0.4) is 0 Å². The second-order valence-electron chi connectivity index (χ2n) is 7.38. The molecule has 2 heterocycles. The highest BCUT2D eigenvalue weighted by molar-refractivity contribution is 7.99. The third-order valence-electron chi connectivity index (χ3n) is 5.26. The molecular formula is C23H26ClN3O3S2. The van der Waals surface area contributed by atoms with E-state index in [-0.39, 0.29) is 5.91 Å². The second kappa shape index (κ2) is 11.3. The van der Waals surface area contributed by atoms with Crippen molar-refractivity contribution >= 4 is 56.0 Å². The molecule has 0 radical (unpaired) electrons. The van der Waals surface area contributed by atoms with Gasteiger partial charge in [-0.05, 0) is 42.5 Å². The van der Waals surface area contributed by atoms with Crippen LogP contribution in [-0.4, -0.2) is 68.0 Å². The van der Waals surface area contributed by atoms with Crippen molar-refractivity contribution in [1.29, 1.82) is 0 Å². The van der Waals surface area contributed by atoms with Crippen LogP contribution >= 0.6 is 34.7 Å². The Kier molecular flexibility index (Phi) is 8.26. The SMILES string of the molecule is COc1ccc2nc(N(CCN3CCOCC3)C(=O)CCSc3ccc(Cl)cc3)sc2c1. The monoisotopic (exact) mass is 491 g/mol. The van der Waals surface area contributed by atoms with Crippen LogP contribution in [-0.2, 0) is 9.53 Å². The summed E-state index contributed by atoms with van der Waals surface area (Å²) in [4.78, 5) is 23.3. The molecular weight excluding hydrogens is 466 g/mol. The number of fused-ring (bicyclic) bond motifs is 1. The predicted octanol–water partition coefficient (Wildman–Crippen LogP) is 4.81. The number of nitrogens with zero attached hydrogens (tertiary/aromatic N) is 3. The van der Waals surface area contributed by atoms with Crippen LogP contribution in [0, 0.1) is 0 Å². The Hall–Kier alpha value is -1.84. The number of thiazole rings is 1. The number of benzene rings is 2. The third kappa shape index (κ3) is 6.14. The number of anilines is 1. The summed E-state index contributed by atoms with van der Waals surface area (Å²) in [5, 5.41) is 1.45. The number of ether oxygens (including phenoxy) is 2. The third-order valence-corrected chi connectivity index (χ3v) is 7.56. The van der Waals surface area contributed by atoms with Crippen LogP contribution in [0.1, 0.15) is 6.42 Å². The van der Waals surface area contributed by atoms with Crippen molar-refractivity contribution in [3.63, 3.8) is 0 Å². The molecule has 3 aromatic rings. The summed E-state index contributed by atoms with van der Waals surface area (Å²) in [6, 6.07) is 13.5. The van der Waals surface area contributed by atoms with Gasteiger partial charge in [0.1, 0.15) is 5.75 Å². The molecule has 1 aromatic heterocycles. The van der Waals surface area contributed by atoms with E-state index in [0.29, 0.717) is 23.7 Å². The molecule has 170 valence electrons. The Balaban J connectivity index is 1.45. The first-order chi connectivity index (χ1) is 15.6. The maximum Gasteiger partial charge on any atom is 0.229 e. The minimum Gasteiger partial charge on any atom is -0.497 e. The van der Waals surface area contributed by atoms with Crippen molar-refractivity contribution < 1.29 is 14.3 Å².